The van der Waals surface area contributed by atoms with Gasteiger partial charge in [0.15, 0.2) is 0 Å². The van der Waals surface area contributed by atoms with E-state index in [4.69, 9.17) is 4.74 Å². The first-order chi connectivity index (χ1) is 13.2. The van der Waals surface area contributed by atoms with Crippen molar-refractivity contribution >= 4 is 21.6 Å². The van der Waals surface area contributed by atoms with Crippen molar-refractivity contribution in [3.63, 3.8) is 0 Å². The molecule has 2 N–H and O–H groups in total. The van der Waals surface area contributed by atoms with Gasteiger partial charge in [0.1, 0.15) is 11.6 Å². The number of halogens is 1. The van der Waals surface area contributed by atoms with Gasteiger partial charge in [-0.25, -0.2) is 17.5 Å². The molecule has 1 aliphatic carbocycles. The standard InChI is InChI=1S/C20H23FN2O4S/c1-12-8-15(9-12)23-28(25,26)16-5-7-19(27-3)17(11-16)20(24)22-14-4-6-18(21)13(2)10-14/h4-7,10-12,15,23H,8-9H2,1-3H3,(H,22,24)/t12-,15-. The lowest BCUT2D eigenvalue weighted by molar-refractivity contribution is 0.102. The third-order valence-corrected chi connectivity index (χ3v) is 6.36. The molecule has 0 aliphatic heterocycles. The first-order valence-corrected chi connectivity index (χ1v) is 10.5. The number of ether oxygens (including phenoxy) is 1. The van der Waals surface area contributed by atoms with Crippen LogP contribution in [0.1, 0.15) is 35.7 Å². The number of aryl methyl sites for hydroxylation is 1. The fourth-order valence-electron chi connectivity index (χ4n) is 3.24. The zero-order chi connectivity index (χ0) is 20.5. The highest BCUT2D eigenvalue weighted by molar-refractivity contribution is 7.89. The van der Waals surface area contributed by atoms with E-state index >= 15 is 0 Å². The van der Waals surface area contributed by atoms with Gasteiger partial charge in [-0.1, -0.05) is 6.92 Å². The summed E-state index contributed by atoms with van der Waals surface area (Å²) in [4.78, 5) is 12.7. The predicted octanol–water partition coefficient (Wildman–Crippen LogP) is 3.47. The quantitative estimate of drug-likeness (QED) is 0.769. The van der Waals surface area contributed by atoms with Crippen LogP contribution in [-0.2, 0) is 10.0 Å². The molecule has 2 aromatic carbocycles. The number of sulfonamides is 1. The Hall–Kier alpha value is -2.45. The van der Waals surface area contributed by atoms with Crippen molar-refractivity contribution in [1.82, 2.24) is 4.72 Å². The summed E-state index contributed by atoms with van der Waals surface area (Å²) < 4.78 is 46.6. The molecule has 0 aromatic heterocycles. The zero-order valence-corrected chi connectivity index (χ0v) is 16.8. The average molecular weight is 406 g/mol. The molecule has 150 valence electrons. The number of anilines is 1. The van der Waals surface area contributed by atoms with E-state index in [0.29, 0.717) is 17.2 Å². The van der Waals surface area contributed by atoms with Crippen molar-refractivity contribution in [2.45, 2.75) is 37.6 Å². The fraction of sp³-hybridized carbons (Fsp3) is 0.350. The number of rotatable bonds is 6. The Morgan fingerprint density at radius 1 is 1.18 bits per heavy atom. The summed E-state index contributed by atoms with van der Waals surface area (Å²) in [6, 6.07) is 8.25. The Kier molecular flexibility index (Phi) is 5.71. The average Bonchev–Trinajstić information content (AvgIpc) is 2.62. The number of hydrogen-bond acceptors (Lipinski definition) is 4. The molecular formula is C20H23FN2O4S. The van der Waals surface area contributed by atoms with Gasteiger partial charge in [-0.3, -0.25) is 4.79 Å². The third-order valence-electron chi connectivity index (χ3n) is 4.84. The Morgan fingerprint density at radius 3 is 2.50 bits per heavy atom. The van der Waals surface area contributed by atoms with E-state index in [-0.39, 0.29) is 28.1 Å². The summed E-state index contributed by atoms with van der Waals surface area (Å²) in [6.45, 7) is 3.66. The van der Waals surface area contributed by atoms with Gasteiger partial charge in [0, 0.05) is 11.7 Å². The number of nitrogens with one attached hydrogen (secondary N) is 2. The maximum Gasteiger partial charge on any atom is 0.259 e. The normalized spacial score (nSPS) is 19.0. The van der Waals surface area contributed by atoms with Crippen LogP contribution in [-0.4, -0.2) is 27.5 Å². The summed E-state index contributed by atoms with van der Waals surface area (Å²) in [6.07, 6.45) is 1.60. The van der Waals surface area contributed by atoms with Crippen molar-refractivity contribution in [1.29, 1.82) is 0 Å². The molecule has 0 heterocycles. The molecule has 0 radical (unpaired) electrons. The second-order valence-corrected chi connectivity index (χ2v) is 8.89. The molecule has 1 amide bonds. The van der Waals surface area contributed by atoms with Gasteiger partial charge < -0.3 is 10.1 Å². The molecule has 0 saturated heterocycles. The summed E-state index contributed by atoms with van der Waals surface area (Å²) in [5.74, 6) is -0.172. The lowest BCUT2D eigenvalue weighted by Gasteiger charge is -2.32. The van der Waals surface area contributed by atoms with Crippen LogP contribution in [0.5, 0.6) is 5.75 Å². The largest absolute Gasteiger partial charge is 0.496 e. The van der Waals surface area contributed by atoms with Gasteiger partial charge in [-0.15, -0.1) is 0 Å². The zero-order valence-electron chi connectivity index (χ0n) is 16.0. The van der Waals surface area contributed by atoms with Crippen LogP contribution in [0.15, 0.2) is 41.3 Å². The fourth-order valence-corrected chi connectivity index (χ4v) is 4.53. The molecule has 1 aliphatic rings. The third kappa shape index (κ3) is 4.34. The van der Waals surface area contributed by atoms with Crippen molar-refractivity contribution < 1.29 is 22.3 Å². The molecule has 2 aromatic rings. The van der Waals surface area contributed by atoms with E-state index in [1.807, 2.05) is 0 Å². The first kappa shape index (κ1) is 20.3. The van der Waals surface area contributed by atoms with Crippen LogP contribution in [0, 0.1) is 18.7 Å². The molecule has 3 rings (SSSR count). The number of methoxy groups -OCH3 is 1. The number of benzene rings is 2. The van der Waals surface area contributed by atoms with Gasteiger partial charge in [-0.05, 0) is 67.6 Å². The Labute approximate surface area is 164 Å². The van der Waals surface area contributed by atoms with E-state index in [2.05, 4.69) is 17.0 Å². The summed E-state index contributed by atoms with van der Waals surface area (Å²) >= 11 is 0. The number of carbonyl (C=O) groups is 1. The lowest BCUT2D eigenvalue weighted by atomic mass is 9.83. The van der Waals surface area contributed by atoms with Crippen molar-refractivity contribution in [2.24, 2.45) is 5.92 Å². The van der Waals surface area contributed by atoms with Gasteiger partial charge in [0.2, 0.25) is 10.0 Å². The van der Waals surface area contributed by atoms with Crippen LogP contribution >= 0.6 is 0 Å². The summed E-state index contributed by atoms with van der Waals surface area (Å²) in [5.41, 5.74) is 0.871. The second kappa shape index (κ2) is 7.89. The maximum atomic E-state index is 13.4. The highest BCUT2D eigenvalue weighted by atomic mass is 32.2. The van der Waals surface area contributed by atoms with E-state index in [0.717, 1.165) is 12.8 Å². The van der Waals surface area contributed by atoms with E-state index in [1.54, 1.807) is 6.92 Å². The molecular weight excluding hydrogens is 383 g/mol. The molecule has 0 atom stereocenters. The molecule has 0 spiro atoms. The first-order valence-electron chi connectivity index (χ1n) is 8.97. The monoisotopic (exact) mass is 406 g/mol. The van der Waals surface area contributed by atoms with E-state index in [1.165, 1.54) is 43.5 Å². The minimum absolute atomic E-state index is 0.00621. The van der Waals surface area contributed by atoms with E-state index in [9.17, 15) is 17.6 Å². The topological polar surface area (TPSA) is 84.5 Å². The van der Waals surface area contributed by atoms with Crippen molar-refractivity contribution in [2.75, 3.05) is 12.4 Å². The Balaban J connectivity index is 1.85. The molecule has 6 nitrogen and oxygen atoms in total. The van der Waals surface area contributed by atoms with Crippen LogP contribution in [0.4, 0.5) is 10.1 Å². The van der Waals surface area contributed by atoms with Gasteiger partial charge in [-0.2, -0.15) is 0 Å². The number of amides is 1. The maximum absolute atomic E-state index is 13.4. The van der Waals surface area contributed by atoms with Gasteiger partial charge in [0.05, 0.1) is 17.6 Å². The van der Waals surface area contributed by atoms with Crippen molar-refractivity contribution in [3.8, 4) is 5.75 Å². The van der Waals surface area contributed by atoms with Crippen LogP contribution in [0.3, 0.4) is 0 Å². The van der Waals surface area contributed by atoms with Gasteiger partial charge in [0.25, 0.3) is 5.91 Å². The van der Waals surface area contributed by atoms with Crippen LogP contribution in [0.25, 0.3) is 0 Å². The molecule has 28 heavy (non-hydrogen) atoms. The van der Waals surface area contributed by atoms with Crippen LogP contribution in [0.2, 0.25) is 0 Å². The van der Waals surface area contributed by atoms with Crippen molar-refractivity contribution in [3.05, 3.63) is 53.3 Å². The Bertz CT molecular complexity index is 1000. The molecule has 8 heteroatoms. The highest BCUT2D eigenvalue weighted by Gasteiger charge is 2.30. The molecule has 0 unspecified atom stereocenters. The lowest BCUT2D eigenvalue weighted by Crippen LogP contribution is -2.43. The summed E-state index contributed by atoms with van der Waals surface area (Å²) in [7, 11) is -2.35. The smallest absolute Gasteiger partial charge is 0.259 e. The molecule has 0 bridgehead atoms. The summed E-state index contributed by atoms with van der Waals surface area (Å²) in [5, 5.41) is 2.65. The van der Waals surface area contributed by atoms with E-state index < -0.39 is 15.9 Å². The second-order valence-electron chi connectivity index (χ2n) is 7.17. The van der Waals surface area contributed by atoms with Crippen LogP contribution < -0.4 is 14.8 Å². The SMILES string of the molecule is COc1ccc(S(=O)(=O)N[C@H]2C[C@H](C)C2)cc1C(=O)Nc1ccc(F)c(C)c1. The number of carbonyl (C=O) groups excluding carboxylic acids is 1. The molecule has 1 fully saturated rings. The van der Waals surface area contributed by atoms with Gasteiger partial charge >= 0.3 is 0 Å². The minimum atomic E-state index is -3.75. The Morgan fingerprint density at radius 2 is 1.89 bits per heavy atom. The highest BCUT2D eigenvalue weighted by Crippen LogP contribution is 2.29. The molecule has 1 saturated carbocycles. The predicted molar refractivity (Wildman–Crippen MR) is 105 cm³/mol. The number of hydrogen-bond donors (Lipinski definition) is 2. The minimum Gasteiger partial charge on any atom is -0.496 e.